The van der Waals surface area contributed by atoms with E-state index in [1.165, 1.54) is 5.57 Å². The standard InChI is InChI=1S/C12H24OSi/c1-10(2)8-9-12(3,4)11(13)14(5,6)7/h8H,9H2,1-7H3. The van der Waals surface area contributed by atoms with Gasteiger partial charge < -0.3 is 4.79 Å². The van der Waals surface area contributed by atoms with Gasteiger partial charge in [0.2, 0.25) is 0 Å². The molecule has 0 radical (unpaired) electrons. The molecule has 82 valence electrons. The summed E-state index contributed by atoms with van der Waals surface area (Å²) >= 11 is 0. The molecule has 0 atom stereocenters. The molecule has 0 rings (SSSR count). The van der Waals surface area contributed by atoms with Gasteiger partial charge >= 0.3 is 0 Å². The van der Waals surface area contributed by atoms with E-state index in [4.69, 9.17) is 0 Å². The van der Waals surface area contributed by atoms with Crippen LogP contribution < -0.4 is 0 Å². The molecule has 0 aliphatic heterocycles. The van der Waals surface area contributed by atoms with E-state index < -0.39 is 8.07 Å². The Morgan fingerprint density at radius 1 is 1.21 bits per heavy atom. The minimum absolute atomic E-state index is 0.179. The zero-order chi connectivity index (χ0) is 11.6. The summed E-state index contributed by atoms with van der Waals surface area (Å²) in [5.41, 5.74) is 1.11. The van der Waals surface area contributed by atoms with Crippen LogP contribution >= 0.6 is 0 Å². The summed E-state index contributed by atoms with van der Waals surface area (Å²) in [6.07, 6.45) is 3.04. The van der Waals surface area contributed by atoms with Crippen LogP contribution in [0.4, 0.5) is 0 Å². The van der Waals surface area contributed by atoms with Crippen LogP contribution in [0.25, 0.3) is 0 Å². The summed E-state index contributed by atoms with van der Waals surface area (Å²) < 4.78 is 0. The van der Waals surface area contributed by atoms with Crippen molar-refractivity contribution in [2.24, 2.45) is 5.41 Å². The molecule has 14 heavy (non-hydrogen) atoms. The van der Waals surface area contributed by atoms with Gasteiger partial charge in [0, 0.05) is 5.41 Å². The summed E-state index contributed by atoms with van der Waals surface area (Å²) in [5.74, 6) is 0. The van der Waals surface area contributed by atoms with Crippen molar-refractivity contribution in [1.82, 2.24) is 0 Å². The van der Waals surface area contributed by atoms with Gasteiger partial charge in [0.15, 0.2) is 0 Å². The molecule has 0 aromatic rings. The molecule has 0 spiro atoms. The Hall–Kier alpha value is -0.373. The molecule has 0 aliphatic rings. The lowest BCUT2D eigenvalue weighted by molar-refractivity contribution is -0.119. The van der Waals surface area contributed by atoms with Gasteiger partial charge in [-0.05, 0) is 20.3 Å². The van der Waals surface area contributed by atoms with Crippen LogP contribution in [-0.4, -0.2) is 13.5 Å². The number of carbonyl (C=O) groups is 1. The first kappa shape index (κ1) is 13.6. The van der Waals surface area contributed by atoms with Gasteiger partial charge in [0.05, 0.1) is 0 Å². The van der Waals surface area contributed by atoms with E-state index in [0.29, 0.717) is 5.41 Å². The predicted octanol–water partition coefficient (Wildman–Crippen LogP) is 3.82. The van der Waals surface area contributed by atoms with Gasteiger partial charge in [0.25, 0.3) is 0 Å². The molecule has 0 saturated heterocycles. The second-order valence-electron chi connectivity index (χ2n) is 5.95. The lowest BCUT2D eigenvalue weighted by atomic mass is 9.90. The third-order valence-corrected chi connectivity index (χ3v) is 4.36. The maximum absolute atomic E-state index is 12.1. The van der Waals surface area contributed by atoms with E-state index >= 15 is 0 Å². The Bertz CT molecular complexity index is 240. The Morgan fingerprint density at radius 3 is 1.93 bits per heavy atom. The first-order valence-electron chi connectivity index (χ1n) is 5.25. The first-order valence-corrected chi connectivity index (χ1v) is 8.75. The fourth-order valence-electron chi connectivity index (χ4n) is 1.57. The van der Waals surface area contributed by atoms with Crippen molar-refractivity contribution in [3.63, 3.8) is 0 Å². The van der Waals surface area contributed by atoms with Crippen LogP contribution in [-0.2, 0) is 4.79 Å². The number of carbonyl (C=O) groups excluding carboxylic acids is 1. The smallest absolute Gasteiger partial charge is 0.124 e. The van der Waals surface area contributed by atoms with Crippen molar-refractivity contribution in [1.29, 1.82) is 0 Å². The minimum Gasteiger partial charge on any atom is -0.305 e. The number of rotatable bonds is 4. The molecule has 0 aromatic heterocycles. The van der Waals surface area contributed by atoms with E-state index in [-0.39, 0.29) is 5.41 Å². The zero-order valence-electron chi connectivity index (χ0n) is 10.7. The van der Waals surface area contributed by atoms with Crippen molar-refractivity contribution in [3.8, 4) is 0 Å². The molecular weight excluding hydrogens is 188 g/mol. The number of hydrogen-bond donors (Lipinski definition) is 0. The highest BCUT2D eigenvalue weighted by Gasteiger charge is 2.36. The average molecular weight is 212 g/mol. The molecule has 0 bridgehead atoms. The summed E-state index contributed by atoms with van der Waals surface area (Å²) in [7, 11) is -1.64. The van der Waals surface area contributed by atoms with Crippen molar-refractivity contribution < 1.29 is 4.79 Å². The van der Waals surface area contributed by atoms with Crippen LogP contribution in [0.1, 0.15) is 34.1 Å². The molecule has 0 saturated carbocycles. The van der Waals surface area contributed by atoms with Crippen molar-refractivity contribution >= 4 is 13.5 Å². The van der Waals surface area contributed by atoms with Gasteiger partial charge in [-0.3, -0.25) is 0 Å². The van der Waals surface area contributed by atoms with Crippen molar-refractivity contribution in [2.75, 3.05) is 0 Å². The molecule has 2 heteroatoms. The molecule has 0 heterocycles. The lowest BCUT2D eigenvalue weighted by Gasteiger charge is -2.28. The molecule has 0 fully saturated rings. The Balaban J connectivity index is 4.63. The second-order valence-corrected chi connectivity index (χ2v) is 10.9. The van der Waals surface area contributed by atoms with Gasteiger partial charge in [-0.25, -0.2) is 0 Å². The largest absolute Gasteiger partial charge is 0.305 e. The monoisotopic (exact) mass is 212 g/mol. The van der Waals surface area contributed by atoms with Crippen LogP contribution in [0, 0.1) is 5.41 Å². The molecule has 0 unspecified atom stereocenters. The van der Waals surface area contributed by atoms with Crippen LogP contribution in [0.2, 0.25) is 19.6 Å². The van der Waals surface area contributed by atoms with Crippen molar-refractivity contribution in [3.05, 3.63) is 11.6 Å². The van der Waals surface area contributed by atoms with Crippen molar-refractivity contribution in [2.45, 2.75) is 53.8 Å². The minimum atomic E-state index is -1.64. The third kappa shape index (κ3) is 4.23. The Kier molecular flexibility index (Phi) is 4.31. The summed E-state index contributed by atoms with van der Waals surface area (Å²) in [6, 6.07) is 0. The Morgan fingerprint density at radius 2 is 1.64 bits per heavy atom. The van der Waals surface area contributed by atoms with Gasteiger partial charge in [-0.2, -0.15) is 0 Å². The highest BCUT2D eigenvalue weighted by Crippen LogP contribution is 2.27. The topological polar surface area (TPSA) is 17.1 Å². The maximum atomic E-state index is 12.1. The van der Waals surface area contributed by atoms with E-state index in [9.17, 15) is 4.79 Å². The van der Waals surface area contributed by atoms with E-state index in [2.05, 4.69) is 53.4 Å². The molecule has 0 amide bonds. The number of hydrogen-bond acceptors (Lipinski definition) is 1. The fourth-order valence-corrected chi connectivity index (χ4v) is 3.70. The predicted molar refractivity (Wildman–Crippen MR) is 66.2 cm³/mol. The van der Waals surface area contributed by atoms with Gasteiger partial charge in [-0.1, -0.05) is 45.1 Å². The number of allylic oxidation sites excluding steroid dienone is 2. The summed E-state index contributed by atoms with van der Waals surface area (Å²) in [4.78, 5) is 12.1. The molecule has 0 N–H and O–H groups in total. The van der Waals surface area contributed by atoms with E-state index in [1.807, 2.05) is 0 Å². The molecule has 0 aliphatic carbocycles. The summed E-state index contributed by atoms with van der Waals surface area (Å²) in [5, 5.41) is 0.475. The normalized spacial score (nSPS) is 12.5. The van der Waals surface area contributed by atoms with E-state index in [0.717, 1.165) is 6.42 Å². The molecular formula is C12H24OSi. The highest BCUT2D eigenvalue weighted by molar-refractivity contribution is 7.03. The summed E-state index contributed by atoms with van der Waals surface area (Å²) in [6.45, 7) is 14.7. The maximum Gasteiger partial charge on any atom is 0.124 e. The molecule has 0 aromatic carbocycles. The lowest BCUT2D eigenvalue weighted by Crippen LogP contribution is -2.43. The van der Waals surface area contributed by atoms with Gasteiger partial charge in [-0.15, -0.1) is 0 Å². The average Bonchev–Trinajstić information content (AvgIpc) is 1.98. The third-order valence-electron chi connectivity index (χ3n) is 2.32. The van der Waals surface area contributed by atoms with Crippen LogP contribution in [0.3, 0.4) is 0 Å². The van der Waals surface area contributed by atoms with Crippen LogP contribution in [0.15, 0.2) is 11.6 Å². The van der Waals surface area contributed by atoms with Gasteiger partial charge in [0.1, 0.15) is 13.5 Å². The SMILES string of the molecule is CC(C)=CCC(C)(C)C(=O)[Si](C)(C)C. The molecule has 1 nitrogen and oxygen atoms in total. The Labute approximate surface area is 89.6 Å². The zero-order valence-corrected chi connectivity index (χ0v) is 11.7. The first-order chi connectivity index (χ1) is 6.07. The highest BCUT2D eigenvalue weighted by atomic mass is 28.3. The quantitative estimate of drug-likeness (QED) is 0.511. The van der Waals surface area contributed by atoms with E-state index in [1.54, 1.807) is 0 Å². The van der Waals surface area contributed by atoms with Crippen LogP contribution in [0.5, 0.6) is 0 Å². The second kappa shape index (κ2) is 4.43. The fraction of sp³-hybridized carbons (Fsp3) is 0.750.